The van der Waals surface area contributed by atoms with Gasteiger partial charge in [-0.3, -0.25) is 9.59 Å². The lowest BCUT2D eigenvalue weighted by Gasteiger charge is -2.13. The lowest BCUT2D eigenvalue weighted by atomic mass is 9.96. The molecule has 0 bridgehead atoms. The zero-order valence-corrected chi connectivity index (χ0v) is 31.1. The Morgan fingerprint density at radius 2 is 1.76 bits per heavy atom. The summed E-state index contributed by atoms with van der Waals surface area (Å²) in [4.78, 5) is 42.0. The highest BCUT2D eigenvalue weighted by Gasteiger charge is 2.62. The number of nitrogens with zero attached hydrogens (tertiary/aromatic N) is 5. The Morgan fingerprint density at radius 3 is 2.33 bits per heavy atom. The average molecular weight is 731 g/mol. The van der Waals surface area contributed by atoms with Gasteiger partial charge in [-0.2, -0.15) is 9.94 Å². The minimum Gasteiger partial charge on any atom is -0.465 e. The quantitative estimate of drug-likeness (QED) is 0.149. The summed E-state index contributed by atoms with van der Waals surface area (Å²) < 4.78 is 17.5. The summed E-state index contributed by atoms with van der Waals surface area (Å²) >= 11 is 12.6. The molecule has 4 rings (SSSR count). The highest BCUT2D eigenvalue weighted by atomic mass is 35.5. The van der Waals surface area contributed by atoms with Crippen LogP contribution in [-0.2, 0) is 24.5 Å². The third-order valence-electron chi connectivity index (χ3n) is 7.40. The van der Waals surface area contributed by atoms with Crippen LogP contribution in [-0.4, -0.2) is 64.1 Å². The van der Waals surface area contributed by atoms with E-state index in [0.717, 1.165) is 11.8 Å². The van der Waals surface area contributed by atoms with Crippen LogP contribution >= 0.6 is 35.0 Å². The molecule has 262 valence electrons. The number of thioether (sulfide) groups is 1. The van der Waals surface area contributed by atoms with Gasteiger partial charge in [-0.1, -0.05) is 99.9 Å². The SMILES string of the molecule is CC1(C)[C@H](C=C(Cl)Cl)[C@H]1C(=O)OC(C#N)c1cccc(Oc2ccccc2)c1.CCOC(=O)CSc1nc(C(C)(C)C)nn1C(=O)N(C)C. The van der Waals surface area contributed by atoms with Gasteiger partial charge in [0.15, 0.2) is 11.0 Å². The van der Waals surface area contributed by atoms with Gasteiger partial charge in [-0.25, -0.2) is 9.78 Å². The maximum atomic E-state index is 12.6. The Kier molecular flexibility index (Phi) is 13.7. The van der Waals surface area contributed by atoms with E-state index < -0.39 is 12.1 Å². The minimum atomic E-state index is -1.03. The lowest BCUT2D eigenvalue weighted by molar-refractivity contribution is -0.149. The number of halogens is 2. The molecule has 2 aromatic carbocycles. The van der Waals surface area contributed by atoms with Gasteiger partial charge in [0.25, 0.3) is 0 Å². The zero-order chi connectivity index (χ0) is 36.5. The number of nitriles is 1. The molecule has 3 aromatic rings. The smallest absolute Gasteiger partial charge is 0.346 e. The van der Waals surface area contributed by atoms with E-state index in [2.05, 4.69) is 10.1 Å². The maximum Gasteiger partial charge on any atom is 0.346 e. The van der Waals surface area contributed by atoms with E-state index in [9.17, 15) is 19.6 Å². The van der Waals surface area contributed by atoms with E-state index >= 15 is 0 Å². The number of hydrogen-bond donors (Lipinski definition) is 0. The molecule has 1 aliphatic carbocycles. The van der Waals surface area contributed by atoms with Crippen LogP contribution in [0.4, 0.5) is 4.79 Å². The molecular formula is C35H41Cl2N5O6S. The van der Waals surface area contributed by atoms with E-state index in [1.807, 2.05) is 71.0 Å². The summed E-state index contributed by atoms with van der Waals surface area (Å²) in [5.74, 6) is 0.602. The summed E-state index contributed by atoms with van der Waals surface area (Å²) in [6.45, 7) is 11.8. The topological polar surface area (TPSA) is 137 Å². The maximum absolute atomic E-state index is 12.6. The van der Waals surface area contributed by atoms with E-state index in [-0.39, 0.29) is 44.9 Å². The highest BCUT2D eigenvalue weighted by molar-refractivity contribution is 7.99. The number of carbonyl (C=O) groups is 3. The average Bonchev–Trinajstić information content (AvgIpc) is 3.33. The zero-order valence-electron chi connectivity index (χ0n) is 28.8. The van der Waals surface area contributed by atoms with Gasteiger partial charge in [-0.15, -0.1) is 5.10 Å². The molecule has 3 atom stereocenters. The van der Waals surface area contributed by atoms with Crippen molar-refractivity contribution in [2.45, 2.75) is 58.2 Å². The molecule has 14 heteroatoms. The van der Waals surface area contributed by atoms with Gasteiger partial charge < -0.3 is 19.1 Å². The van der Waals surface area contributed by atoms with Crippen molar-refractivity contribution in [3.8, 4) is 17.6 Å². The van der Waals surface area contributed by atoms with Gasteiger partial charge in [0.2, 0.25) is 6.10 Å². The molecule has 1 aliphatic rings. The monoisotopic (exact) mass is 729 g/mol. The first-order valence-corrected chi connectivity index (χ1v) is 17.2. The molecule has 1 aromatic heterocycles. The predicted molar refractivity (Wildman–Crippen MR) is 189 cm³/mol. The van der Waals surface area contributed by atoms with Crippen molar-refractivity contribution in [3.63, 3.8) is 0 Å². The Morgan fingerprint density at radius 1 is 1.10 bits per heavy atom. The van der Waals surface area contributed by atoms with E-state index in [1.54, 1.807) is 51.4 Å². The largest absolute Gasteiger partial charge is 0.465 e. The number of aromatic nitrogens is 3. The summed E-state index contributed by atoms with van der Waals surface area (Å²) in [5, 5.41) is 14.2. The number of carbonyl (C=O) groups excluding carboxylic acids is 3. The van der Waals surface area contributed by atoms with Crippen LogP contribution in [0.1, 0.15) is 59.0 Å². The second-order valence-electron chi connectivity index (χ2n) is 12.9. The van der Waals surface area contributed by atoms with Crippen molar-refractivity contribution in [2.24, 2.45) is 17.3 Å². The van der Waals surface area contributed by atoms with Crippen LogP contribution in [0.3, 0.4) is 0 Å². The molecule has 1 saturated carbocycles. The van der Waals surface area contributed by atoms with Crippen LogP contribution < -0.4 is 4.74 Å². The Balaban J connectivity index is 0.000000278. The first kappa shape index (κ1) is 39.4. The van der Waals surface area contributed by atoms with Crippen LogP contribution in [0.5, 0.6) is 11.5 Å². The molecule has 1 unspecified atom stereocenters. The van der Waals surface area contributed by atoms with E-state index in [1.165, 1.54) is 9.58 Å². The Labute approximate surface area is 301 Å². The summed E-state index contributed by atoms with van der Waals surface area (Å²) in [6, 6.07) is 18.0. The number of para-hydroxylation sites is 1. The molecular weight excluding hydrogens is 689 g/mol. The molecule has 0 saturated heterocycles. The van der Waals surface area contributed by atoms with Crippen molar-refractivity contribution in [1.29, 1.82) is 5.26 Å². The van der Waals surface area contributed by atoms with Crippen molar-refractivity contribution in [1.82, 2.24) is 19.7 Å². The predicted octanol–water partition coefficient (Wildman–Crippen LogP) is 7.94. The van der Waals surface area contributed by atoms with Crippen molar-refractivity contribution in [2.75, 3.05) is 26.5 Å². The first-order valence-electron chi connectivity index (χ1n) is 15.4. The minimum absolute atomic E-state index is 0.0941. The molecule has 1 fully saturated rings. The molecule has 0 aliphatic heterocycles. The number of benzene rings is 2. The van der Waals surface area contributed by atoms with Gasteiger partial charge in [0, 0.05) is 25.1 Å². The molecule has 0 N–H and O–H groups in total. The molecule has 0 radical (unpaired) electrons. The Hall–Kier alpha value is -4.05. The first-order chi connectivity index (χ1) is 23.0. The number of amides is 1. The van der Waals surface area contributed by atoms with Gasteiger partial charge in [0.1, 0.15) is 22.1 Å². The molecule has 1 heterocycles. The molecule has 11 nitrogen and oxygen atoms in total. The van der Waals surface area contributed by atoms with Crippen molar-refractivity contribution in [3.05, 3.63) is 76.6 Å². The molecule has 49 heavy (non-hydrogen) atoms. The van der Waals surface area contributed by atoms with Gasteiger partial charge in [0.05, 0.1) is 18.3 Å². The normalized spacial score (nSPS) is 16.5. The van der Waals surface area contributed by atoms with Crippen LogP contribution in [0.15, 0.2) is 70.3 Å². The van der Waals surface area contributed by atoms with E-state index in [4.69, 9.17) is 37.4 Å². The number of ether oxygens (including phenoxy) is 3. The standard InChI is InChI=1S/C22H19Cl2NO3.C13H22N4O3S/c1-22(2)17(12-19(23)24)20(22)21(26)28-18(13-25)14-7-6-10-16(11-14)27-15-8-4-3-5-9-15;1-7-20-9(18)8-21-11-14-10(13(2,3)4)15-17(11)12(19)16(5)6/h3-12,17-18,20H,1-2H3;7-8H2,1-6H3/t17-,18?,20+;/m1./s1. The summed E-state index contributed by atoms with van der Waals surface area (Å²) in [7, 11) is 3.28. The van der Waals surface area contributed by atoms with Crippen molar-refractivity contribution >= 4 is 52.9 Å². The van der Waals surface area contributed by atoms with Crippen LogP contribution in [0, 0.1) is 28.6 Å². The third-order valence-corrected chi connectivity index (χ3v) is 8.55. The summed E-state index contributed by atoms with van der Waals surface area (Å²) in [5.41, 5.74) is -0.0493. The fourth-order valence-corrected chi connectivity index (χ4v) is 5.64. The lowest BCUT2D eigenvalue weighted by Crippen LogP contribution is -2.29. The number of esters is 2. The molecule has 0 spiro atoms. The number of hydrogen-bond acceptors (Lipinski definition) is 10. The second-order valence-corrected chi connectivity index (χ2v) is 14.8. The fourth-order valence-electron chi connectivity index (χ4n) is 4.65. The van der Waals surface area contributed by atoms with Gasteiger partial charge >= 0.3 is 18.0 Å². The van der Waals surface area contributed by atoms with Gasteiger partial charge in [-0.05, 0) is 48.6 Å². The van der Waals surface area contributed by atoms with Crippen molar-refractivity contribution < 1.29 is 28.6 Å². The van der Waals surface area contributed by atoms with Crippen LogP contribution in [0.25, 0.3) is 0 Å². The number of rotatable bonds is 10. The third kappa shape index (κ3) is 11.0. The van der Waals surface area contributed by atoms with E-state index in [0.29, 0.717) is 34.7 Å². The Bertz CT molecular complexity index is 1690. The highest BCUT2D eigenvalue weighted by Crippen LogP contribution is 2.60. The fraction of sp³-hybridized carbons (Fsp3) is 0.429. The van der Waals surface area contributed by atoms with Crippen LogP contribution in [0.2, 0.25) is 0 Å². The number of allylic oxidation sites excluding steroid dienone is 1. The molecule has 1 amide bonds. The second kappa shape index (κ2) is 17.1. The summed E-state index contributed by atoms with van der Waals surface area (Å²) in [6.07, 6.45) is 0.615.